The van der Waals surface area contributed by atoms with Crippen molar-refractivity contribution in [2.45, 2.75) is 17.4 Å². The summed E-state index contributed by atoms with van der Waals surface area (Å²) in [5.74, 6) is 2.53. The SMILES string of the molecule is NCc1ccc(OCC2CSc3ccccc32)cc1. The van der Waals surface area contributed by atoms with Crippen LogP contribution in [0.25, 0.3) is 0 Å². The van der Waals surface area contributed by atoms with Crippen LogP contribution in [0.15, 0.2) is 53.4 Å². The number of rotatable bonds is 4. The molecular formula is C16H17NOS. The highest BCUT2D eigenvalue weighted by molar-refractivity contribution is 7.99. The van der Waals surface area contributed by atoms with Gasteiger partial charge in [0.2, 0.25) is 0 Å². The summed E-state index contributed by atoms with van der Waals surface area (Å²) in [7, 11) is 0. The van der Waals surface area contributed by atoms with Crippen molar-refractivity contribution in [1.82, 2.24) is 0 Å². The Morgan fingerprint density at radius 3 is 2.68 bits per heavy atom. The Labute approximate surface area is 118 Å². The Bertz CT molecular complexity index is 553. The average Bonchev–Trinajstić information content (AvgIpc) is 2.89. The Morgan fingerprint density at radius 2 is 1.89 bits per heavy atom. The Kier molecular flexibility index (Phi) is 3.76. The first-order valence-corrected chi connectivity index (χ1v) is 7.49. The number of hydrogen-bond acceptors (Lipinski definition) is 3. The van der Waals surface area contributed by atoms with E-state index in [1.165, 1.54) is 10.5 Å². The zero-order valence-corrected chi connectivity index (χ0v) is 11.5. The number of fused-ring (bicyclic) bond motifs is 1. The van der Waals surface area contributed by atoms with Gasteiger partial charge < -0.3 is 10.5 Å². The fourth-order valence-corrected chi connectivity index (χ4v) is 3.52. The first-order valence-electron chi connectivity index (χ1n) is 6.50. The molecule has 3 heteroatoms. The first-order chi connectivity index (χ1) is 9.36. The van der Waals surface area contributed by atoms with Crippen LogP contribution in [0.1, 0.15) is 17.0 Å². The molecule has 2 aromatic rings. The van der Waals surface area contributed by atoms with Crippen molar-refractivity contribution in [2.75, 3.05) is 12.4 Å². The van der Waals surface area contributed by atoms with E-state index in [2.05, 4.69) is 24.3 Å². The second-order valence-electron chi connectivity index (χ2n) is 4.70. The molecule has 0 saturated carbocycles. The van der Waals surface area contributed by atoms with E-state index in [1.54, 1.807) is 0 Å². The van der Waals surface area contributed by atoms with Gasteiger partial charge in [-0.15, -0.1) is 11.8 Å². The van der Waals surface area contributed by atoms with E-state index in [0.29, 0.717) is 12.5 Å². The summed E-state index contributed by atoms with van der Waals surface area (Å²) in [4.78, 5) is 1.40. The van der Waals surface area contributed by atoms with Crippen molar-refractivity contribution < 1.29 is 4.74 Å². The summed E-state index contributed by atoms with van der Waals surface area (Å²) in [5, 5.41) is 0. The zero-order valence-electron chi connectivity index (χ0n) is 10.7. The maximum Gasteiger partial charge on any atom is 0.119 e. The monoisotopic (exact) mass is 271 g/mol. The summed E-state index contributed by atoms with van der Waals surface area (Å²) in [6.45, 7) is 1.32. The fraction of sp³-hybridized carbons (Fsp3) is 0.250. The van der Waals surface area contributed by atoms with Crippen LogP contribution in [0.3, 0.4) is 0 Å². The van der Waals surface area contributed by atoms with Crippen LogP contribution in [-0.2, 0) is 6.54 Å². The zero-order chi connectivity index (χ0) is 13.1. The molecule has 0 bridgehead atoms. The fourth-order valence-electron chi connectivity index (χ4n) is 2.29. The normalized spacial score (nSPS) is 17.2. The van der Waals surface area contributed by atoms with E-state index >= 15 is 0 Å². The summed E-state index contributed by atoms with van der Waals surface area (Å²) >= 11 is 1.92. The average molecular weight is 271 g/mol. The molecule has 1 atom stereocenters. The van der Waals surface area contributed by atoms with Crippen molar-refractivity contribution in [1.29, 1.82) is 0 Å². The molecule has 0 fully saturated rings. The van der Waals surface area contributed by atoms with Gasteiger partial charge in [0.1, 0.15) is 5.75 Å². The topological polar surface area (TPSA) is 35.2 Å². The maximum absolute atomic E-state index is 5.89. The van der Waals surface area contributed by atoms with Crippen molar-refractivity contribution in [3.05, 3.63) is 59.7 Å². The van der Waals surface area contributed by atoms with Crippen molar-refractivity contribution in [3.63, 3.8) is 0 Å². The molecule has 3 rings (SSSR count). The molecule has 0 aromatic heterocycles. The van der Waals surface area contributed by atoms with E-state index in [0.717, 1.165) is 23.7 Å². The van der Waals surface area contributed by atoms with Crippen molar-refractivity contribution in [2.24, 2.45) is 5.73 Å². The molecule has 0 aliphatic carbocycles. The molecule has 2 N–H and O–H groups in total. The Balaban J connectivity index is 1.64. The molecule has 2 nitrogen and oxygen atoms in total. The van der Waals surface area contributed by atoms with Gasteiger partial charge in [0.25, 0.3) is 0 Å². The second kappa shape index (κ2) is 5.68. The first kappa shape index (κ1) is 12.6. The van der Waals surface area contributed by atoms with Crippen molar-refractivity contribution >= 4 is 11.8 Å². The van der Waals surface area contributed by atoms with Crippen LogP contribution in [0, 0.1) is 0 Å². The molecular weight excluding hydrogens is 254 g/mol. The summed E-state index contributed by atoms with van der Waals surface area (Å²) < 4.78 is 5.89. The lowest BCUT2D eigenvalue weighted by atomic mass is 10.0. The molecule has 0 spiro atoms. The molecule has 0 amide bonds. The van der Waals surface area contributed by atoms with Crippen LogP contribution in [0.5, 0.6) is 5.75 Å². The molecule has 19 heavy (non-hydrogen) atoms. The second-order valence-corrected chi connectivity index (χ2v) is 5.77. The minimum Gasteiger partial charge on any atom is -0.493 e. The molecule has 1 aliphatic rings. The Morgan fingerprint density at radius 1 is 1.11 bits per heavy atom. The van der Waals surface area contributed by atoms with Gasteiger partial charge in [0, 0.05) is 23.1 Å². The third-order valence-corrected chi connectivity index (χ3v) is 4.66. The molecule has 98 valence electrons. The predicted molar refractivity (Wildman–Crippen MR) is 79.7 cm³/mol. The van der Waals surface area contributed by atoms with Crippen molar-refractivity contribution in [3.8, 4) is 5.75 Å². The Hall–Kier alpha value is -1.45. The maximum atomic E-state index is 5.89. The van der Waals surface area contributed by atoms with E-state index in [-0.39, 0.29) is 0 Å². The highest BCUT2D eigenvalue weighted by Crippen LogP contribution is 2.39. The van der Waals surface area contributed by atoms with Gasteiger partial charge in [-0.1, -0.05) is 30.3 Å². The highest BCUT2D eigenvalue weighted by Gasteiger charge is 2.23. The van der Waals surface area contributed by atoms with E-state index in [1.807, 2.05) is 36.0 Å². The van der Waals surface area contributed by atoms with E-state index < -0.39 is 0 Å². The quantitative estimate of drug-likeness (QED) is 0.925. The summed E-state index contributed by atoms with van der Waals surface area (Å²) in [6.07, 6.45) is 0. The third kappa shape index (κ3) is 2.77. The standard InChI is InChI=1S/C16H17NOS/c17-9-12-5-7-14(8-6-12)18-10-13-11-19-16-4-2-1-3-15(13)16/h1-8,13H,9-11,17H2. The molecule has 2 aromatic carbocycles. The smallest absolute Gasteiger partial charge is 0.119 e. The minimum atomic E-state index is 0.496. The number of thioether (sulfide) groups is 1. The van der Waals surface area contributed by atoms with Crippen LogP contribution >= 0.6 is 11.8 Å². The number of nitrogens with two attached hydrogens (primary N) is 1. The molecule has 0 saturated heterocycles. The minimum absolute atomic E-state index is 0.496. The van der Waals surface area contributed by atoms with Gasteiger partial charge in [0.05, 0.1) is 6.61 Å². The highest BCUT2D eigenvalue weighted by atomic mass is 32.2. The van der Waals surface area contributed by atoms with Gasteiger partial charge in [-0.25, -0.2) is 0 Å². The van der Waals surface area contributed by atoms with Gasteiger partial charge in [0.15, 0.2) is 0 Å². The third-order valence-electron chi connectivity index (χ3n) is 3.41. The molecule has 0 radical (unpaired) electrons. The van der Waals surface area contributed by atoms with Gasteiger partial charge >= 0.3 is 0 Å². The summed E-state index contributed by atoms with van der Waals surface area (Å²) in [5.41, 5.74) is 8.14. The van der Waals surface area contributed by atoms with Crippen LogP contribution in [0.2, 0.25) is 0 Å². The van der Waals surface area contributed by atoms with Crippen LogP contribution in [0.4, 0.5) is 0 Å². The van der Waals surface area contributed by atoms with Gasteiger partial charge in [-0.2, -0.15) is 0 Å². The molecule has 1 heterocycles. The van der Waals surface area contributed by atoms with E-state index in [9.17, 15) is 0 Å². The predicted octanol–water partition coefficient (Wildman–Crippen LogP) is 3.41. The van der Waals surface area contributed by atoms with Crippen LogP contribution in [-0.4, -0.2) is 12.4 Å². The van der Waals surface area contributed by atoms with Gasteiger partial charge in [-0.05, 0) is 29.3 Å². The molecule has 1 unspecified atom stereocenters. The van der Waals surface area contributed by atoms with E-state index in [4.69, 9.17) is 10.5 Å². The number of ether oxygens (including phenoxy) is 1. The lowest BCUT2D eigenvalue weighted by Crippen LogP contribution is -2.09. The number of benzene rings is 2. The largest absolute Gasteiger partial charge is 0.493 e. The molecule has 1 aliphatic heterocycles. The summed E-state index contributed by atoms with van der Waals surface area (Å²) in [6, 6.07) is 16.6. The number of hydrogen-bond donors (Lipinski definition) is 1. The van der Waals surface area contributed by atoms with Gasteiger partial charge in [-0.3, -0.25) is 0 Å². The lowest BCUT2D eigenvalue weighted by Gasteiger charge is -2.12. The van der Waals surface area contributed by atoms with Crippen LogP contribution < -0.4 is 10.5 Å². The lowest BCUT2D eigenvalue weighted by molar-refractivity contribution is 0.298.